The van der Waals surface area contributed by atoms with Gasteiger partial charge in [-0.3, -0.25) is 0 Å². The van der Waals surface area contributed by atoms with Crippen LogP contribution in [0.2, 0.25) is 0 Å². The van der Waals surface area contributed by atoms with Crippen molar-refractivity contribution in [3.63, 3.8) is 0 Å². The van der Waals surface area contributed by atoms with Crippen molar-refractivity contribution in [2.24, 2.45) is 0 Å². The van der Waals surface area contributed by atoms with Crippen LogP contribution < -0.4 is 26.3 Å². The molecule has 5 aromatic rings. The van der Waals surface area contributed by atoms with E-state index in [9.17, 15) is 0 Å². The molecular formula is C34H30BN3. The summed E-state index contributed by atoms with van der Waals surface area (Å²) in [5.74, 6) is 0. The Labute approximate surface area is 224 Å². The van der Waals surface area contributed by atoms with Crippen LogP contribution in [-0.2, 0) is 5.41 Å². The first-order valence-corrected chi connectivity index (χ1v) is 14.1. The van der Waals surface area contributed by atoms with Crippen molar-refractivity contribution in [3.05, 3.63) is 96.6 Å². The average Bonchev–Trinajstić information content (AvgIpc) is 3.43. The lowest BCUT2D eigenvalue weighted by Gasteiger charge is -2.52. The average molecular weight is 491 g/mol. The summed E-state index contributed by atoms with van der Waals surface area (Å²) in [7, 11) is 0. The van der Waals surface area contributed by atoms with Crippen molar-refractivity contribution in [1.82, 2.24) is 4.98 Å². The summed E-state index contributed by atoms with van der Waals surface area (Å²) in [6, 6.07) is 33.9. The van der Waals surface area contributed by atoms with E-state index in [1.165, 1.54) is 81.5 Å². The van der Waals surface area contributed by atoms with Crippen LogP contribution in [0.5, 0.6) is 0 Å². The van der Waals surface area contributed by atoms with E-state index in [0.717, 1.165) is 0 Å². The summed E-state index contributed by atoms with van der Waals surface area (Å²) in [5, 5.41) is 1.28. The van der Waals surface area contributed by atoms with Crippen LogP contribution in [0, 0.1) is 0 Å². The number of H-pyrrole nitrogens is 1. The van der Waals surface area contributed by atoms with Crippen molar-refractivity contribution < 1.29 is 0 Å². The topological polar surface area (TPSA) is 22.3 Å². The van der Waals surface area contributed by atoms with E-state index in [-0.39, 0.29) is 17.7 Å². The van der Waals surface area contributed by atoms with Gasteiger partial charge in [0.2, 0.25) is 0 Å². The molecule has 2 atom stereocenters. The molecule has 0 bridgehead atoms. The van der Waals surface area contributed by atoms with Gasteiger partial charge in [-0.25, -0.2) is 0 Å². The van der Waals surface area contributed by atoms with Crippen molar-refractivity contribution in [2.75, 3.05) is 9.80 Å². The number of para-hydroxylation sites is 3. The number of benzene rings is 4. The first-order chi connectivity index (χ1) is 18.6. The molecule has 0 spiro atoms. The molecule has 3 aliphatic heterocycles. The molecular weight excluding hydrogens is 461 g/mol. The fraction of sp³-hybridized carbons (Fsp3) is 0.235. The van der Waals surface area contributed by atoms with Gasteiger partial charge in [0.1, 0.15) is 0 Å². The second-order valence-corrected chi connectivity index (χ2v) is 12.1. The maximum absolute atomic E-state index is 3.94. The zero-order valence-electron chi connectivity index (χ0n) is 22.0. The predicted octanol–water partition coefficient (Wildman–Crippen LogP) is 6.52. The summed E-state index contributed by atoms with van der Waals surface area (Å²) in [6.45, 7) is 5.27. The molecule has 1 saturated carbocycles. The first-order valence-electron chi connectivity index (χ1n) is 14.1. The molecule has 4 aliphatic rings. The summed E-state index contributed by atoms with van der Waals surface area (Å²) in [4.78, 5) is 9.23. The number of nitrogens with one attached hydrogen (secondary N) is 1. The molecule has 4 aromatic carbocycles. The lowest BCUT2D eigenvalue weighted by molar-refractivity contribution is 0.195. The number of aromatic nitrogens is 1. The third kappa shape index (κ3) is 2.26. The standard InChI is InChI=1S/C34H30BN3/c1-33-20-8-9-21-34(33,2)38-28-19-11-18-27-29(28)35(25-16-10-15-24(33)31(25)38)32-30(23-14-6-7-17-26(23)36-32)37(27)22-12-4-3-5-13-22/h3-7,10-19,36H,8-9,20-21H2,1-2H3. The van der Waals surface area contributed by atoms with Gasteiger partial charge in [-0.05, 0) is 66.6 Å². The molecule has 2 unspecified atom stereocenters. The molecule has 1 aliphatic carbocycles. The van der Waals surface area contributed by atoms with Gasteiger partial charge in [0, 0.05) is 44.7 Å². The lowest BCUT2D eigenvalue weighted by atomic mass is 9.35. The Balaban J connectivity index is 1.43. The van der Waals surface area contributed by atoms with Crippen LogP contribution in [0.15, 0.2) is 91.0 Å². The van der Waals surface area contributed by atoms with Gasteiger partial charge < -0.3 is 14.8 Å². The van der Waals surface area contributed by atoms with Crippen LogP contribution in [0.25, 0.3) is 10.9 Å². The highest BCUT2D eigenvalue weighted by Crippen LogP contribution is 2.61. The second-order valence-electron chi connectivity index (χ2n) is 12.1. The van der Waals surface area contributed by atoms with Gasteiger partial charge in [-0.15, -0.1) is 0 Å². The van der Waals surface area contributed by atoms with E-state index in [4.69, 9.17) is 0 Å². The van der Waals surface area contributed by atoms with Crippen LogP contribution in [0.3, 0.4) is 0 Å². The van der Waals surface area contributed by atoms with Gasteiger partial charge in [0.05, 0.1) is 11.2 Å². The minimum atomic E-state index is 0.0715. The molecule has 0 radical (unpaired) electrons. The molecule has 0 amide bonds. The normalized spacial score (nSPS) is 24.2. The summed E-state index contributed by atoms with van der Waals surface area (Å²) >= 11 is 0. The smallest absolute Gasteiger partial charge is 0.272 e. The minimum Gasteiger partial charge on any atom is -0.364 e. The predicted molar refractivity (Wildman–Crippen MR) is 160 cm³/mol. The van der Waals surface area contributed by atoms with Crippen molar-refractivity contribution in [1.29, 1.82) is 0 Å². The molecule has 1 fully saturated rings. The largest absolute Gasteiger partial charge is 0.364 e. The molecule has 9 rings (SSSR count). The summed E-state index contributed by atoms with van der Waals surface area (Å²) < 4.78 is 0. The Morgan fingerprint density at radius 3 is 2.39 bits per heavy atom. The third-order valence-electron chi connectivity index (χ3n) is 10.5. The van der Waals surface area contributed by atoms with Gasteiger partial charge in [-0.1, -0.05) is 80.4 Å². The molecule has 1 N–H and O–H groups in total. The Hall–Kier alpha value is -3.92. The monoisotopic (exact) mass is 491 g/mol. The molecule has 4 heteroatoms. The van der Waals surface area contributed by atoms with Crippen LogP contribution in [0.4, 0.5) is 28.4 Å². The van der Waals surface area contributed by atoms with Crippen LogP contribution in [-0.4, -0.2) is 17.2 Å². The Kier molecular flexibility index (Phi) is 3.84. The van der Waals surface area contributed by atoms with E-state index in [0.29, 0.717) is 0 Å². The Morgan fingerprint density at radius 2 is 1.50 bits per heavy atom. The van der Waals surface area contributed by atoms with Crippen LogP contribution in [0.1, 0.15) is 45.1 Å². The molecule has 1 aromatic heterocycles. The maximum atomic E-state index is 3.94. The van der Waals surface area contributed by atoms with Gasteiger partial charge in [0.15, 0.2) is 0 Å². The highest BCUT2D eigenvalue weighted by atomic mass is 15.3. The van der Waals surface area contributed by atoms with Crippen molar-refractivity contribution >= 4 is 62.6 Å². The lowest BCUT2D eigenvalue weighted by Crippen LogP contribution is -2.64. The number of hydrogen-bond acceptors (Lipinski definition) is 2. The number of fused-ring (bicyclic) bond motifs is 9. The SMILES string of the molecule is CC12CCCCC1(C)N1c3cccc4c3B(c3cccc2c31)c1[nH]c2ccccc2c1N4c1ccccc1. The van der Waals surface area contributed by atoms with E-state index in [2.05, 4.69) is 120 Å². The molecule has 184 valence electrons. The van der Waals surface area contributed by atoms with E-state index in [1.54, 1.807) is 5.56 Å². The Bertz CT molecular complexity index is 1790. The van der Waals surface area contributed by atoms with Gasteiger partial charge in [-0.2, -0.15) is 0 Å². The molecule has 4 heterocycles. The van der Waals surface area contributed by atoms with Gasteiger partial charge in [0.25, 0.3) is 6.71 Å². The highest BCUT2D eigenvalue weighted by molar-refractivity contribution is 7.00. The fourth-order valence-electron chi connectivity index (χ4n) is 8.64. The van der Waals surface area contributed by atoms with E-state index >= 15 is 0 Å². The third-order valence-corrected chi connectivity index (χ3v) is 10.5. The Morgan fingerprint density at radius 1 is 0.737 bits per heavy atom. The number of hydrogen-bond donors (Lipinski definition) is 1. The number of anilines is 5. The second kappa shape index (κ2) is 6.93. The van der Waals surface area contributed by atoms with Crippen molar-refractivity contribution in [2.45, 2.75) is 50.5 Å². The fourth-order valence-corrected chi connectivity index (χ4v) is 8.64. The van der Waals surface area contributed by atoms with E-state index in [1.807, 2.05) is 0 Å². The zero-order valence-corrected chi connectivity index (χ0v) is 22.0. The summed E-state index contributed by atoms with van der Waals surface area (Å²) in [6.07, 6.45) is 5.09. The first kappa shape index (κ1) is 21.1. The van der Waals surface area contributed by atoms with Gasteiger partial charge >= 0.3 is 0 Å². The molecule has 38 heavy (non-hydrogen) atoms. The number of rotatable bonds is 1. The number of nitrogens with zero attached hydrogens (tertiary/aromatic N) is 2. The van der Waals surface area contributed by atoms with Crippen molar-refractivity contribution in [3.8, 4) is 0 Å². The maximum Gasteiger partial charge on any atom is 0.272 e. The molecule has 3 nitrogen and oxygen atoms in total. The quantitative estimate of drug-likeness (QED) is 0.265. The molecule has 0 saturated heterocycles. The van der Waals surface area contributed by atoms with Crippen LogP contribution >= 0.6 is 0 Å². The minimum absolute atomic E-state index is 0.0715. The highest BCUT2D eigenvalue weighted by Gasteiger charge is 2.61. The zero-order chi connectivity index (χ0) is 25.2. The number of aromatic amines is 1. The van der Waals surface area contributed by atoms with E-state index < -0.39 is 0 Å². The summed E-state index contributed by atoms with van der Waals surface area (Å²) in [5.41, 5.74) is 13.9.